The molecule has 0 radical (unpaired) electrons. The molecule has 152 valence electrons. The van der Waals surface area contributed by atoms with Crippen molar-refractivity contribution in [2.45, 2.75) is 0 Å². The number of hydrogen-bond donors (Lipinski definition) is 0. The van der Waals surface area contributed by atoms with Crippen molar-refractivity contribution in [1.29, 1.82) is 0 Å². The second-order valence-corrected chi connectivity index (χ2v) is 7.32. The molecule has 4 heteroatoms. The third-order valence-electron chi connectivity index (χ3n) is 5.59. The first-order chi connectivity index (χ1) is 15.1. The number of benzene rings is 5. The summed E-state index contributed by atoms with van der Waals surface area (Å²) in [6, 6.07) is 23.7. The number of rotatable bonds is 3. The normalized spacial score (nSPS) is 11.2. The van der Waals surface area contributed by atoms with E-state index in [4.69, 9.17) is 4.74 Å². The van der Waals surface area contributed by atoms with Gasteiger partial charge in [-0.05, 0) is 63.2 Å². The molecule has 0 heterocycles. The Morgan fingerprint density at radius 3 is 1.87 bits per heavy atom. The zero-order valence-corrected chi connectivity index (χ0v) is 16.6. The number of ether oxygens (including phenoxy) is 1. The van der Waals surface area contributed by atoms with Gasteiger partial charge < -0.3 is 4.74 Å². The standard InChI is InChI=1S/C27H17F3O/c1-31-18-12-9-16(10-13-18)26-20-6-3-2-5-19(20)25(17-11-14-22(28)24(30)15-17)21-7-4-8-23(29)27(21)26/h2-15H,1H3. The van der Waals surface area contributed by atoms with Gasteiger partial charge in [-0.2, -0.15) is 0 Å². The van der Waals surface area contributed by atoms with Crippen LogP contribution in [0.5, 0.6) is 5.75 Å². The number of halogens is 3. The molecule has 0 aliphatic carbocycles. The van der Waals surface area contributed by atoms with E-state index in [9.17, 15) is 8.78 Å². The molecular weight excluding hydrogens is 397 g/mol. The molecule has 0 saturated heterocycles. The lowest BCUT2D eigenvalue weighted by molar-refractivity contribution is 0.415. The van der Waals surface area contributed by atoms with Crippen molar-refractivity contribution >= 4 is 21.5 Å². The Morgan fingerprint density at radius 2 is 1.19 bits per heavy atom. The summed E-state index contributed by atoms with van der Waals surface area (Å²) in [5.41, 5.74) is 2.75. The van der Waals surface area contributed by atoms with Crippen LogP contribution in [-0.4, -0.2) is 7.11 Å². The Balaban J connectivity index is 1.96. The highest BCUT2D eigenvalue weighted by Crippen LogP contribution is 2.44. The quantitative estimate of drug-likeness (QED) is 0.274. The molecule has 0 aliphatic rings. The second-order valence-electron chi connectivity index (χ2n) is 7.32. The van der Waals surface area contributed by atoms with Gasteiger partial charge in [0.15, 0.2) is 11.6 Å². The maximum Gasteiger partial charge on any atom is 0.159 e. The Kier molecular flexibility index (Phi) is 4.63. The third-order valence-corrected chi connectivity index (χ3v) is 5.59. The minimum absolute atomic E-state index is 0.377. The topological polar surface area (TPSA) is 9.23 Å². The maximum atomic E-state index is 15.3. The van der Waals surface area contributed by atoms with Crippen LogP contribution in [0.4, 0.5) is 13.2 Å². The fourth-order valence-corrected chi connectivity index (χ4v) is 4.21. The van der Waals surface area contributed by atoms with Crippen molar-refractivity contribution in [3.8, 4) is 28.0 Å². The lowest BCUT2D eigenvalue weighted by Gasteiger charge is -2.18. The van der Waals surface area contributed by atoms with Crippen molar-refractivity contribution in [3.63, 3.8) is 0 Å². The molecule has 0 aromatic heterocycles. The lowest BCUT2D eigenvalue weighted by atomic mass is 9.86. The minimum Gasteiger partial charge on any atom is -0.497 e. The fraction of sp³-hybridized carbons (Fsp3) is 0.0370. The number of fused-ring (bicyclic) bond motifs is 2. The van der Waals surface area contributed by atoms with Crippen LogP contribution in [0.3, 0.4) is 0 Å². The molecular formula is C27H17F3O. The maximum absolute atomic E-state index is 15.3. The summed E-state index contributed by atoms with van der Waals surface area (Å²) in [4.78, 5) is 0. The molecule has 0 aliphatic heterocycles. The third kappa shape index (κ3) is 3.12. The van der Waals surface area contributed by atoms with E-state index in [1.165, 1.54) is 12.1 Å². The van der Waals surface area contributed by atoms with Gasteiger partial charge in [-0.25, -0.2) is 13.2 Å². The minimum atomic E-state index is -0.939. The molecule has 0 amide bonds. The van der Waals surface area contributed by atoms with Crippen molar-refractivity contribution in [1.82, 2.24) is 0 Å². The molecule has 31 heavy (non-hydrogen) atoms. The lowest BCUT2D eigenvalue weighted by Crippen LogP contribution is -1.94. The van der Waals surface area contributed by atoms with Gasteiger partial charge in [0.2, 0.25) is 0 Å². The molecule has 0 spiro atoms. The first-order valence-corrected chi connectivity index (χ1v) is 9.81. The molecule has 1 nitrogen and oxygen atoms in total. The molecule has 5 rings (SSSR count). The Bertz CT molecular complexity index is 1440. The Hall–Kier alpha value is -3.79. The largest absolute Gasteiger partial charge is 0.497 e. The van der Waals surface area contributed by atoms with Crippen LogP contribution in [0.25, 0.3) is 43.8 Å². The average Bonchev–Trinajstić information content (AvgIpc) is 2.80. The van der Waals surface area contributed by atoms with E-state index in [0.29, 0.717) is 27.6 Å². The van der Waals surface area contributed by atoms with Gasteiger partial charge in [-0.1, -0.05) is 54.6 Å². The molecule has 5 aromatic carbocycles. The van der Waals surface area contributed by atoms with Crippen LogP contribution < -0.4 is 4.74 Å². The Morgan fingerprint density at radius 1 is 0.548 bits per heavy atom. The van der Waals surface area contributed by atoms with Gasteiger partial charge in [-0.3, -0.25) is 0 Å². The van der Waals surface area contributed by atoms with Gasteiger partial charge in [0, 0.05) is 10.9 Å². The molecule has 5 aromatic rings. The van der Waals surface area contributed by atoms with E-state index in [1.807, 2.05) is 54.6 Å². The van der Waals surface area contributed by atoms with Crippen LogP contribution in [-0.2, 0) is 0 Å². The van der Waals surface area contributed by atoms with Crippen molar-refractivity contribution in [3.05, 3.63) is 102 Å². The molecule has 0 unspecified atom stereocenters. The highest BCUT2D eigenvalue weighted by Gasteiger charge is 2.19. The van der Waals surface area contributed by atoms with E-state index in [2.05, 4.69) is 0 Å². The summed E-state index contributed by atoms with van der Waals surface area (Å²) in [5.74, 6) is -1.53. The summed E-state index contributed by atoms with van der Waals surface area (Å²) in [5, 5.41) is 2.73. The number of methoxy groups -OCH3 is 1. The predicted molar refractivity (Wildman–Crippen MR) is 119 cm³/mol. The van der Waals surface area contributed by atoms with E-state index in [0.717, 1.165) is 34.0 Å². The zero-order valence-electron chi connectivity index (χ0n) is 16.6. The van der Waals surface area contributed by atoms with E-state index in [-0.39, 0.29) is 5.82 Å². The van der Waals surface area contributed by atoms with E-state index in [1.54, 1.807) is 13.2 Å². The van der Waals surface area contributed by atoms with Gasteiger partial charge in [0.1, 0.15) is 11.6 Å². The summed E-state index contributed by atoms with van der Waals surface area (Å²) in [6.07, 6.45) is 0. The first kappa shape index (κ1) is 19.2. The molecule has 0 saturated carbocycles. The summed E-state index contributed by atoms with van der Waals surface area (Å²) in [6.45, 7) is 0. The van der Waals surface area contributed by atoms with E-state index < -0.39 is 11.6 Å². The zero-order chi connectivity index (χ0) is 21.5. The van der Waals surface area contributed by atoms with Crippen LogP contribution >= 0.6 is 0 Å². The van der Waals surface area contributed by atoms with E-state index >= 15 is 4.39 Å². The van der Waals surface area contributed by atoms with Crippen LogP contribution in [0, 0.1) is 17.5 Å². The fourth-order valence-electron chi connectivity index (χ4n) is 4.21. The average molecular weight is 414 g/mol. The van der Waals surface area contributed by atoms with Crippen LogP contribution in [0.2, 0.25) is 0 Å². The highest BCUT2D eigenvalue weighted by atomic mass is 19.2. The van der Waals surface area contributed by atoms with Gasteiger partial charge in [-0.15, -0.1) is 0 Å². The molecule has 0 atom stereocenters. The van der Waals surface area contributed by atoms with Gasteiger partial charge >= 0.3 is 0 Å². The smallest absolute Gasteiger partial charge is 0.159 e. The SMILES string of the molecule is COc1ccc(-c2c3ccccc3c(-c3ccc(F)c(F)c3)c3cccc(F)c23)cc1. The molecule has 0 fully saturated rings. The summed E-state index contributed by atoms with van der Waals surface area (Å²) in [7, 11) is 1.59. The van der Waals surface area contributed by atoms with Crippen LogP contribution in [0.15, 0.2) is 84.9 Å². The van der Waals surface area contributed by atoms with Crippen molar-refractivity contribution in [2.24, 2.45) is 0 Å². The Labute approximate surface area is 177 Å². The van der Waals surface area contributed by atoms with Crippen molar-refractivity contribution in [2.75, 3.05) is 7.11 Å². The van der Waals surface area contributed by atoms with Crippen LogP contribution in [0.1, 0.15) is 0 Å². The predicted octanol–water partition coefficient (Wildman–Crippen LogP) is 7.75. The first-order valence-electron chi connectivity index (χ1n) is 9.81. The monoisotopic (exact) mass is 414 g/mol. The van der Waals surface area contributed by atoms with Gasteiger partial charge in [0.05, 0.1) is 7.11 Å². The summed E-state index contributed by atoms with van der Waals surface area (Å²) >= 11 is 0. The van der Waals surface area contributed by atoms with Crippen molar-refractivity contribution < 1.29 is 17.9 Å². The van der Waals surface area contributed by atoms with Gasteiger partial charge in [0.25, 0.3) is 0 Å². The number of hydrogen-bond acceptors (Lipinski definition) is 1. The highest BCUT2D eigenvalue weighted by molar-refractivity contribution is 6.21. The molecule has 0 bridgehead atoms. The summed E-state index contributed by atoms with van der Waals surface area (Å²) < 4.78 is 48.3. The molecule has 0 N–H and O–H groups in total. The second kappa shape index (κ2) is 7.47.